The van der Waals surface area contributed by atoms with Crippen molar-refractivity contribution < 1.29 is 18.7 Å². The van der Waals surface area contributed by atoms with Crippen LogP contribution in [0.2, 0.25) is 0 Å². The molecule has 2 aliphatic heterocycles. The molecule has 1 atom stereocenters. The van der Waals surface area contributed by atoms with Crippen LogP contribution < -0.4 is 5.32 Å². The summed E-state index contributed by atoms with van der Waals surface area (Å²) < 4.78 is 20.0. The van der Waals surface area contributed by atoms with E-state index in [9.17, 15) is 14.0 Å². The summed E-state index contributed by atoms with van der Waals surface area (Å²) in [4.78, 5) is 33.0. The van der Waals surface area contributed by atoms with Gasteiger partial charge in [0.1, 0.15) is 5.60 Å². The van der Waals surface area contributed by atoms with Crippen LogP contribution in [-0.2, 0) is 4.74 Å². The Hall–Kier alpha value is -3.17. The molecule has 9 nitrogen and oxygen atoms in total. The lowest BCUT2D eigenvalue weighted by atomic mass is 9.88. The van der Waals surface area contributed by atoms with Gasteiger partial charge in [-0.15, -0.1) is 0 Å². The van der Waals surface area contributed by atoms with Crippen LogP contribution in [0.3, 0.4) is 0 Å². The van der Waals surface area contributed by atoms with Crippen molar-refractivity contribution in [1.82, 2.24) is 29.9 Å². The zero-order valence-corrected chi connectivity index (χ0v) is 18.8. The molecule has 1 N–H and O–H groups in total. The summed E-state index contributed by atoms with van der Waals surface area (Å²) in [5.74, 6) is 0.0719. The maximum Gasteiger partial charge on any atom is 0.410 e. The Morgan fingerprint density at radius 3 is 2.53 bits per heavy atom. The van der Waals surface area contributed by atoms with Crippen LogP contribution >= 0.6 is 0 Å². The van der Waals surface area contributed by atoms with Crippen molar-refractivity contribution in [1.29, 1.82) is 0 Å². The van der Waals surface area contributed by atoms with Gasteiger partial charge < -0.3 is 19.9 Å². The van der Waals surface area contributed by atoms with E-state index in [4.69, 9.17) is 4.74 Å². The molecule has 0 radical (unpaired) electrons. The summed E-state index contributed by atoms with van der Waals surface area (Å²) in [6.45, 7) is 9.13. The highest BCUT2D eigenvalue weighted by Crippen LogP contribution is 2.33. The number of nitrogens with zero attached hydrogens (tertiary/aromatic N) is 5. The van der Waals surface area contributed by atoms with E-state index < -0.39 is 11.4 Å². The average molecular weight is 445 g/mol. The summed E-state index contributed by atoms with van der Waals surface area (Å²) in [6.07, 6.45) is 5.09. The van der Waals surface area contributed by atoms with E-state index >= 15 is 0 Å². The minimum Gasteiger partial charge on any atom is -0.444 e. The molecule has 4 heterocycles. The number of rotatable bonds is 3. The second-order valence-electron chi connectivity index (χ2n) is 9.53. The lowest BCUT2D eigenvalue weighted by molar-refractivity contribution is 0.0159. The Bertz CT molecular complexity index is 992. The molecule has 2 aromatic heterocycles. The van der Waals surface area contributed by atoms with E-state index in [1.165, 1.54) is 10.9 Å². The summed E-state index contributed by atoms with van der Waals surface area (Å²) >= 11 is 0. The summed E-state index contributed by atoms with van der Waals surface area (Å²) in [5, 5.41) is 7.06. The van der Waals surface area contributed by atoms with Crippen LogP contribution in [0.1, 0.15) is 52.1 Å². The second-order valence-corrected chi connectivity index (χ2v) is 9.53. The number of urea groups is 1. The summed E-state index contributed by atoms with van der Waals surface area (Å²) in [7, 11) is 0. The maximum atomic E-state index is 13.2. The smallest absolute Gasteiger partial charge is 0.410 e. The number of likely N-dealkylation sites (tertiary alicyclic amines) is 1. The maximum absolute atomic E-state index is 13.2. The number of ether oxygens (including phenoxy) is 1. The number of piperidine rings is 1. The normalized spacial score (nSPS) is 19.2. The zero-order chi connectivity index (χ0) is 23.1. The van der Waals surface area contributed by atoms with Crippen molar-refractivity contribution in [2.45, 2.75) is 57.7 Å². The molecule has 0 aromatic carbocycles. The van der Waals surface area contributed by atoms with E-state index in [1.54, 1.807) is 22.1 Å². The average Bonchev–Trinajstić information content (AvgIpc) is 3.30. The van der Waals surface area contributed by atoms with Crippen molar-refractivity contribution in [2.24, 2.45) is 0 Å². The summed E-state index contributed by atoms with van der Waals surface area (Å²) in [6, 6.07) is 3.31. The second kappa shape index (κ2) is 8.07. The number of carbonyl (C=O) groups excluding carboxylic acids is 2. The van der Waals surface area contributed by atoms with E-state index in [1.807, 2.05) is 33.8 Å². The SMILES string of the molecule is C[C@@H](c1ccc(-n2cc(F)cn2)nc1)N1CC2(CCN(C(=O)OC(C)(C)C)CC2)NC1=O. The van der Waals surface area contributed by atoms with Gasteiger partial charge >= 0.3 is 12.1 Å². The molecular weight excluding hydrogens is 415 g/mol. The molecule has 2 aliphatic rings. The molecule has 4 rings (SSSR count). The molecule has 172 valence electrons. The lowest BCUT2D eigenvalue weighted by Gasteiger charge is -2.39. The van der Waals surface area contributed by atoms with Crippen LogP contribution in [0.5, 0.6) is 0 Å². The van der Waals surface area contributed by atoms with Gasteiger partial charge in [-0.25, -0.2) is 23.6 Å². The van der Waals surface area contributed by atoms with Crippen molar-refractivity contribution in [3.63, 3.8) is 0 Å². The van der Waals surface area contributed by atoms with Crippen LogP contribution in [0, 0.1) is 5.82 Å². The number of carbonyl (C=O) groups is 2. The van der Waals surface area contributed by atoms with Gasteiger partial charge in [0, 0.05) is 25.8 Å². The minimum atomic E-state index is -0.533. The van der Waals surface area contributed by atoms with Crippen LogP contribution in [0.15, 0.2) is 30.7 Å². The third-order valence-corrected chi connectivity index (χ3v) is 5.98. The van der Waals surface area contributed by atoms with E-state index in [2.05, 4.69) is 15.4 Å². The Labute approximate surface area is 186 Å². The molecule has 0 unspecified atom stereocenters. The topological polar surface area (TPSA) is 92.6 Å². The number of nitrogens with one attached hydrogen (secondary N) is 1. The van der Waals surface area contributed by atoms with Crippen molar-refractivity contribution in [3.05, 3.63) is 42.1 Å². The van der Waals surface area contributed by atoms with E-state index in [-0.39, 0.29) is 23.7 Å². The number of hydrogen-bond donors (Lipinski definition) is 1. The van der Waals surface area contributed by atoms with Crippen molar-refractivity contribution in [3.8, 4) is 5.82 Å². The number of aromatic nitrogens is 3. The van der Waals surface area contributed by atoms with Crippen molar-refractivity contribution >= 4 is 12.1 Å². The van der Waals surface area contributed by atoms with Crippen molar-refractivity contribution in [2.75, 3.05) is 19.6 Å². The summed E-state index contributed by atoms with van der Waals surface area (Å²) in [5.41, 5.74) is -0.0151. The van der Waals surface area contributed by atoms with Gasteiger partial charge in [-0.3, -0.25) is 0 Å². The lowest BCUT2D eigenvalue weighted by Crippen LogP contribution is -2.54. The van der Waals surface area contributed by atoms with Gasteiger partial charge in [0.15, 0.2) is 11.6 Å². The molecule has 2 saturated heterocycles. The molecular formula is C22H29FN6O3. The Kier molecular flexibility index (Phi) is 5.56. The fourth-order valence-electron chi connectivity index (χ4n) is 4.16. The predicted octanol–water partition coefficient (Wildman–Crippen LogP) is 3.26. The highest BCUT2D eigenvalue weighted by molar-refractivity contribution is 5.78. The first-order chi connectivity index (χ1) is 15.1. The van der Waals surface area contributed by atoms with Gasteiger partial charge in [-0.2, -0.15) is 5.10 Å². The van der Waals surface area contributed by atoms with Gasteiger partial charge in [-0.05, 0) is 52.2 Å². The number of hydrogen-bond acceptors (Lipinski definition) is 5. The first kappa shape index (κ1) is 22.0. The van der Waals surface area contributed by atoms with Crippen LogP contribution in [0.4, 0.5) is 14.0 Å². The first-order valence-corrected chi connectivity index (χ1v) is 10.8. The quantitative estimate of drug-likeness (QED) is 0.785. The van der Waals surface area contributed by atoms with Crippen LogP contribution in [-0.4, -0.2) is 67.5 Å². The molecule has 2 fully saturated rings. The van der Waals surface area contributed by atoms with E-state index in [0.29, 0.717) is 38.3 Å². The standard InChI is InChI=1S/C22H29FN6O3/c1-15(16-5-6-18(24-11-16)29-13-17(23)12-25-29)28-14-22(26-19(28)30)7-9-27(10-8-22)20(31)32-21(2,3)4/h5-6,11-13,15H,7-10,14H2,1-4H3,(H,26,30)/t15-/m0/s1. The molecule has 0 bridgehead atoms. The fraction of sp³-hybridized carbons (Fsp3) is 0.545. The first-order valence-electron chi connectivity index (χ1n) is 10.8. The van der Waals surface area contributed by atoms with Gasteiger partial charge in [-0.1, -0.05) is 6.07 Å². The molecule has 0 aliphatic carbocycles. The third-order valence-electron chi connectivity index (χ3n) is 5.98. The highest BCUT2D eigenvalue weighted by Gasteiger charge is 2.46. The molecule has 10 heteroatoms. The predicted molar refractivity (Wildman–Crippen MR) is 115 cm³/mol. The Morgan fingerprint density at radius 2 is 1.97 bits per heavy atom. The largest absolute Gasteiger partial charge is 0.444 e. The highest BCUT2D eigenvalue weighted by atomic mass is 19.1. The molecule has 32 heavy (non-hydrogen) atoms. The molecule has 0 saturated carbocycles. The molecule has 2 aromatic rings. The third kappa shape index (κ3) is 4.53. The van der Waals surface area contributed by atoms with Gasteiger partial charge in [0.2, 0.25) is 0 Å². The van der Waals surface area contributed by atoms with Gasteiger partial charge in [0.25, 0.3) is 0 Å². The monoisotopic (exact) mass is 444 g/mol. The Morgan fingerprint density at radius 1 is 1.25 bits per heavy atom. The molecule has 3 amide bonds. The van der Waals surface area contributed by atoms with E-state index in [0.717, 1.165) is 11.8 Å². The molecule has 1 spiro atoms. The fourth-order valence-corrected chi connectivity index (χ4v) is 4.16. The number of amides is 3. The number of pyridine rings is 1. The zero-order valence-electron chi connectivity index (χ0n) is 18.8. The number of halogens is 1. The minimum absolute atomic E-state index is 0.124. The van der Waals surface area contributed by atoms with Crippen LogP contribution in [0.25, 0.3) is 5.82 Å². The Balaban J connectivity index is 1.39. The van der Waals surface area contributed by atoms with Gasteiger partial charge in [0.05, 0.1) is 24.0 Å².